The van der Waals surface area contributed by atoms with Crippen LogP contribution in [0.15, 0.2) is 59.5 Å². The second-order valence-corrected chi connectivity index (χ2v) is 7.21. The second-order valence-electron chi connectivity index (χ2n) is 7.21. The van der Waals surface area contributed by atoms with Crippen molar-refractivity contribution < 1.29 is 4.42 Å². The summed E-state index contributed by atoms with van der Waals surface area (Å²) in [5.74, 6) is 2.07. The van der Waals surface area contributed by atoms with Crippen LogP contribution >= 0.6 is 0 Å². The number of nitrogens with zero attached hydrogens (tertiary/aromatic N) is 3. The van der Waals surface area contributed by atoms with Crippen LogP contribution in [-0.2, 0) is 13.1 Å². The van der Waals surface area contributed by atoms with Crippen LogP contribution in [0.3, 0.4) is 0 Å². The van der Waals surface area contributed by atoms with E-state index in [-0.39, 0.29) is 0 Å². The number of likely N-dealkylation sites (tertiary alicyclic amines) is 1. The minimum absolute atomic E-state index is 0.634. The highest BCUT2D eigenvalue weighted by molar-refractivity contribution is 5.61. The van der Waals surface area contributed by atoms with Crippen LogP contribution in [0.2, 0.25) is 0 Å². The van der Waals surface area contributed by atoms with Gasteiger partial charge in [-0.3, -0.25) is 4.90 Å². The predicted molar refractivity (Wildman–Crippen MR) is 104 cm³/mol. The molecular formula is C22H27N3O. The zero-order valence-corrected chi connectivity index (χ0v) is 15.5. The molecule has 26 heavy (non-hydrogen) atoms. The fourth-order valence-electron chi connectivity index (χ4n) is 4.07. The first-order valence-electron chi connectivity index (χ1n) is 9.65. The molecule has 1 aliphatic rings. The van der Waals surface area contributed by atoms with Crippen molar-refractivity contribution in [1.29, 1.82) is 0 Å². The molecule has 0 radical (unpaired) electrons. The standard InChI is InChI=1S/C22H27N3O/c1-18-23-12-15-24(18)14-11-20-8-4-5-13-25(20)17-19-7-2-3-9-21(19)22-10-6-16-26-22/h2-3,6-7,9-10,12,15-16,20H,4-5,8,11,13-14,17H2,1H3. The molecule has 0 aliphatic carbocycles. The predicted octanol–water partition coefficient (Wildman–Crippen LogP) is 4.90. The monoisotopic (exact) mass is 349 g/mol. The average Bonchev–Trinajstić information content (AvgIpc) is 3.33. The van der Waals surface area contributed by atoms with Crippen LogP contribution in [0.25, 0.3) is 11.3 Å². The summed E-state index contributed by atoms with van der Waals surface area (Å²) in [6.45, 7) is 5.30. The molecule has 4 rings (SSSR count). The van der Waals surface area contributed by atoms with Crippen LogP contribution < -0.4 is 0 Å². The van der Waals surface area contributed by atoms with Crippen LogP contribution in [-0.4, -0.2) is 27.0 Å². The molecule has 0 saturated carbocycles. The molecule has 1 fully saturated rings. The van der Waals surface area contributed by atoms with E-state index in [1.54, 1.807) is 6.26 Å². The van der Waals surface area contributed by atoms with Crippen LogP contribution in [0, 0.1) is 6.92 Å². The van der Waals surface area contributed by atoms with Crippen LogP contribution in [0.1, 0.15) is 37.1 Å². The molecular weight excluding hydrogens is 322 g/mol. The number of aryl methyl sites for hydroxylation is 2. The van der Waals surface area contributed by atoms with Crippen LogP contribution in [0.4, 0.5) is 0 Å². The molecule has 1 aromatic carbocycles. The summed E-state index contributed by atoms with van der Waals surface area (Å²) >= 11 is 0. The molecule has 0 spiro atoms. The number of piperidine rings is 1. The van der Waals surface area contributed by atoms with Gasteiger partial charge in [0.1, 0.15) is 11.6 Å². The van der Waals surface area contributed by atoms with Gasteiger partial charge in [-0.05, 0) is 50.4 Å². The zero-order valence-electron chi connectivity index (χ0n) is 15.5. The van der Waals surface area contributed by atoms with Crippen molar-refractivity contribution in [3.05, 3.63) is 66.4 Å². The first-order valence-corrected chi connectivity index (χ1v) is 9.65. The number of aromatic nitrogens is 2. The van der Waals surface area contributed by atoms with Gasteiger partial charge in [0.25, 0.3) is 0 Å². The molecule has 3 heterocycles. The number of hydrogen-bond acceptors (Lipinski definition) is 3. The van der Waals surface area contributed by atoms with E-state index in [9.17, 15) is 0 Å². The first-order chi connectivity index (χ1) is 12.8. The van der Waals surface area contributed by atoms with Gasteiger partial charge in [-0.2, -0.15) is 0 Å². The van der Waals surface area contributed by atoms with E-state index in [4.69, 9.17) is 4.42 Å². The van der Waals surface area contributed by atoms with Gasteiger partial charge in [-0.25, -0.2) is 4.98 Å². The fourth-order valence-corrected chi connectivity index (χ4v) is 4.07. The molecule has 3 aromatic rings. The van der Waals surface area contributed by atoms with Gasteiger partial charge in [0.15, 0.2) is 0 Å². The Hall–Kier alpha value is -2.33. The van der Waals surface area contributed by atoms with Gasteiger partial charge in [0.2, 0.25) is 0 Å². The lowest BCUT2D eigenvalue weighted by atomic mass is 9.97. The highest BCUT2D eigenvalue weighted by atomic mass is 16.3. The van der Waals surface area contributed by atoms with Crippen molar-refractivity contribution in [3.8, 4) is 11.3 Å². The topological polar surface area (TPSA) is 34.2 Å². The maximum Gasteiger partial charge on any atom is 0.134 e. The highest BCUT2D eigenvalue weighted by Gasteiger charge is 2.23. The van der Waals surface area contributed by atoms with Crippen molar-refractivity contribution in [2.75, 3.05) is 6.54 Å². The Morgan fingerprint density at radius 1 is 1.15 bits per heavy atom. The van der Waals surface area contributed by atoms with E-state index < -0.39 is 0 Å². The Morgan fingerprint density at radius 2 is 2.08 bits per heavy atom. The summed E-state index contributed by atoms with van der Waals surface area (Å²) in [4.78, 5) is 7.01. The van der Waals surface area contributed by atoms with Crippen molar-refractivity contribution >= 4 is 0 Å². The molecule has 1 unspecified atom stereocenters. The number of furan rings is 1. The third kappa shape index (κ3) is 3.75. The lowest BCUT2D eigenvalue weighted by Gasteiger charge is -2.36. The average molecular weight is 349 g/mol. The quantitative estimate of drug-likeness (QED) is 0.635. The maximum absolute atomic E-state index is 5.66. The van der Waals surface area contributed by atoms with Gasteiger partial charge in [-0.15, -0.1) is 0 Å². The molecule has 0 N–H and O–H groups in total. The lowest BCUT2D eigenvalue weighted by Crippen LogP contribution is -2.39. The molecule has 1 saturated heterocycles. The minimum atomic E-state index is 0.634. The summed E-state index contributed by atoms with van der Waals surface area (Å²) in [7, 11) is 0. The van der Waals surface area contributed by atoms with E-state index in [0.717, 1.165) is 24.7 Å². The Morgan fingerprint density at radius 3 is 2.88 bits per heavy atom. The molecule has 2 aromatic heterocycles. The molecule has 1 aliphatic heterocycles. The fraction of sp³-hybridized carbons (Fsp3) is 0.409. The first kappa shape index (κ1) is 17.1. The Kier molecular flexibility index (Phi) is 5.21. The van der Waals surface area contributed by atoms with E-state index in [1.165, 1.54) is 43.4 Å². The third-order valence-electron chi connectivity index (χ3n) is 5.55. The molecule has 4 nitrogen and oxygen atoms in total. The SMILES string of the molecule is Cc1nccn1CCC1CCCCN1Cc1ccccc1-c1ccco1. The van der Waals surface area contributed by atoms with E-state index in [1.807, 2.05) is 18.3 Å². The normalized spacial score (nSPS) is 18.3. The van der Waals surface area contributed by atoms with Crippen molar-refractivity contribution in [2.45, 2.75) is 51.7 Å². The van der Waals surface area contributed by atoms with Crippen molar-refractivity contribution in [3.63, 3.8) is 0 Å². The summed E-state index contributed by atoms with van der Waals surface area (Å²) < 4.78 is 7.92. The minimum Gasteiger partial charge on any atom is -0.464 e. The number of imidazole rings is 1. The van der Waals surface area contributed by atoms with Gasteiger partial charge < -0.3 is 8.98 Å². The molecule has 1 atom stereocenters. The zero-order chi connectivity index (χ0) is 17.8. The summed E-state index contributed by atoms with van der Waals surface area (Å²) in [5.41, 5.74) is 2.57. The van der Waals surface area contributed by atoms with Gasteiger partial charge >= 0.3 is 0 Å². The van der Waals surface area contributed by atoms with E-state index >= 15 is 0 Å². The van der Waals surface area contributed by atoms with E-state index in [2.05, 4.69) is 51.8 Å². The summed E-state index contributed by atoms with van der Waals surface area (Å²) in [6, 6.07) is 13.3. The molecule has 0 bridgehead atoms. The van der Waals surface area contributed by atoms with Crippen molar-refractivity contribution in [2.24, 2.45) is 0 Å². The highest BCUT2D eigenvalue weighted by Crippen LogP contribution is 2.28. The smallest absolute Gasteiger partial charge is 0.134 e. The lowest BCUT2D eigenvalue weighted by molar-refractivity contribution is 0.128. The van der Waals surface area contributed by atoms with Gasteiger partial charge in [0.05, 0.1) is 6.26 Å². The van der Waals surface area contributed by atoms with Crippen molar-refractivity contribution in [1.82, 2.24) is 14.5 Å². The summed E-state index contributed by atoms with van der Waals surface area (Å²) in [5, 5.41) is 0. The molecule has 4 heteroatoms. The number of benzene rings is 1. The Balaban J connectivity index is 1.48. The Bertz CT molecular complexity index is 822. The second kappa shape index (κ2) is 7.92. The molecule has 0 amide bonds. The van der Waals surface area contributed by atoms with E-state index in [0.29, 0.717) is 6.04 Å². The third-order valence-corrected chi connectivity index (χ3v) is 5.55. The van der Waals surface area contributed by atoms with Gasteiger partial charge in [-0.1, -0.05) is 30.7 Å². The molecule has 136 valence electrons. The number of hydrogen-bond donors (Lipinski definition) is 0. The van der Waals surface area contributed by atoms with Crippen LogP contribution in [0.5, 0.6) is 0 Å². The van der Waals surface area contributed by atoms with Gasteiger partial charge in [0, 0.05) is 37.1 Å². The maximum atomic E-state index is 5.66. The number of rotatable bonds is 6. The Labute approximate surface area is 155 Å². The largest absolute Gasteiger partial charge is 0.464 e. The summed E-state index contributed by atoms with van der Waals surface area (Å²) in [6.07, 6.45) is 10.8.